The molecule has 5 amide bonds. The molecule has 3 saturated heterocycles. The summed E-state index contributed by atoms with van der Waals surface area (Å²) in [5, 5.41) is 17.7. The number of carboxylic acid groups (broad SMARTS) is 1. The third-order valence-corrected chi connectivity index (χ3v) is 10.0. The van der Waals surface area contributed by atoms with Crippen molar-refractivity contribution in [2.24, 2.45) is 0 Å². The number of nitrogens with two attached hydrogens (primary N) is 1. The number of hydrogen-bond donors (Lipinski definition) is 5. The SMILES string of the molecule is CC(C)(C)OC(=O)NC1(C(=O)O)CCN(C(=O)OC(C)(C)C)CC1.CN1CCN(c2ccc(NC(=O)C3(NC(=O)OC(C)(C)C)CCN(C(=O)OC(C)(C)C)CC3)c(N)c2)CC1. The van der Waals surface area contributed by atoms with Gasteiger partial charge in [0.25, 0.3) is 0 Å². The number of carboxylic acids is 1. The molecule has 0 aliphatic carbocycles. The van der Waals surface area contributed by atoms with Gasteiger partial charge in [0.1, 0.15) is 33.5 Å². The minimum Gasteiger partial charge on any atom is -0.480 e. The minimum atomic E-state index is -1.44. The van der Waals surface area contributed by atoms with E-state index < -0.39 is 69.7 Å². The molecule has 3 heterocycles. The summed E-state index contributed by atoms with van der Waals surface area (Å²) in [6.45, 7) is 25.6. The fraction of sp³-hybridized carbons (Fsp3) is 0.721. The van der Waals surface area contributed by atoms with Gasteiger partial charge < -0.3 is 65.3 Å². The number of aliphatic carboxylic acids is 1. The first kappa shape index (κ1) is 51.2. The second-order valence-electron chi connectivity index (χ2n) is 20.2. The number of anilines is 3. The van der Waals surface area contributed by atoms with Gasteiger partial charge in [-0.15, -0.1) is 0 Å². The maximum absolute atomic E-state index is 13.7. The summed E-state index contributed by atoms with van der Waals surface area (Å²) in [6, 6.07) is 5.59. The molecule has 0 spiro atoms. The van der Waals surface area contributed by atoms with Crippen LogP contribution in [0.1, 0.15) is 109 Å². The van der Waals surface area contributed by atoms with Crippen LogP contribution in [0.5, 0.6) is 0 Å². The number of piperazine rings is 1. The molecule has 350 valence electrons. The summed E-state index contributed by atoms with van der Waals surface area (Å²) in [5.74, 6) is -1.55. The van der Waals surface area contributed by atoms with Crippen LogP contribution in [-0.2, 0) is 28.5 Å². The Morgan fingerprint density at radius 3 is 1.35 bits per heavy atom. The zero-order chi connectivity index (χ0) is 47.1. The Balaban J connectivity index is 0.000000368. The van der Waals surface area contributed by atoms with E-state index in [1.807, 2.05) is 12.1 Å². The molecule has 1 aromatic rings. The quantitative estimate of drug-likeness (QED) is 0.173. The Morgan fingerprint density at radius 2 is 0.984 bits per heavy atom. The van der Waals surface area contributed by atoms with E-state index in [1.54, 1.807) is 94.1 Å². The number of piperidine rings is 2. The molecule has 19 heteroatoms. The number of carbonyl (C=O) groups excluding carboxylic acids is 5. The zero-order valence-corrected chi connectivity index (χ0v) is 39.1. The number of nitrogen functional groups attached to an aromatic ring is 1. The number of likely N-dealkylation sites (N-methyl/N-ethyl adjacent to an activating group) is 1. The topological polar surface area (TPSA) is 235 Å². The number of amides is 5. The molecule has 0 unspecified atom stereocenters. The molecule has 0 atom stereocenters. The van der Waals surface area contributed by atoms with E-state index in [0.29, 0.717) is 11.4 Å². The van der Waals surface area contributed by atoms with Crippen molar-refractivity contribution in [2.75, 3.05) is 75.4 Å². The minimum absolute atomic E-state index is 0.0841. The van der Waals surface area contributed by atoms with E-state index in [4.69, 9.17) is 24.7 Å². The van der Waals surface area contributed by atoms with E-state index in [0.717, 1.165) is 31.9 Å². The molecule has 6 N–H and O–H groups in total. The van der Waals surface area contributed by atoms with Gasteiger partial charge in [-0.3, -0.25) is 4.79 Å². The highest BCUT2D eigenvalue weighted by Crippen LogP contribution is 2.31. The van der Waals surface area contributed by atoms with Crippen LogP contribution in [-0.4, -0.2) is 149 Å². The number of nitrogens with zero attached hydrogens (tertiary/aromatic N) is 4. The van der Waals surface area contributed by atoms with E-state index in [-0.39, 0.29) is 51.9 Å². The maximum atomic E-state index is 13.7. The van der Waals surface area contributed by atoms with Gasteiger partial charge in [0.2, 0.25) is 5.91 Å². The Labute approximate surface area is 366 Å². The lowest BCUT2D eigenvalue weighted by molar-refractivity contribution is -0.147. The summed E-state index contributed by atoms with van der Waals surface area (Å²) in [7, 11) is 2.10. The van der Waals surface area contributed by atoms with Crippen LogP contribution < -0.4 is 26.6 Å². The van der Waals surface area contributed by atoms with Crippen molar-refractivity contribution in [3.05, 3.63) is 18.2 Å². The van der Waals surface area contributed by atoms with Crippen LogP contribution in [0.3, 0.4) is 0 Å². The normalized spacial score (nSPS) is 18.2. The Hall–Kier alpha value is -5.20. The number of likely N-dealkylation sites (tertiary alicyclic amines) is 2. The highest BCUT2D eigenvalue weighted by Gasteiger charge is 2.47. The van der Waals surface area contributed by atoms with Crippen molar-refractivity contribution < 1.29 is 52.8 Å². The predicted octanol–water partition coefficient (Wildman–Crippen LogP) is 5.62. The first-order valence-corrected chi connectivity index (χ1v) is 21.2. The van der Waals surface area contributed by atoms with Gasteiger partial charge in [-0.1, -0.05) is 0 Å². The number of carbonyl (C=O) groups is 6. The summed E-state index contributed by atoms with van der Waals surface area (Å²) < 4.78 is 21.4. The van der Waals surface area contributed by atoms with Crippen molar-refractivity contribution >= 4 is 53.3 Å². The van der Waals surface area contributed by atoms with E-state index in [1.165, 1.54) is 4.90 Å². The number of alkyl carbamates (subject to hydrolysis) is 2. The summed E-state index contributed by atoms with van der Waals surface area (Å²) in [4.78, 5) is 82.2. The first-order valence-electron chi connectivity index (χ1n) is 21.2. The van der Waals surface area contributed by atoms with E-state index in [2.05, 4.69) is 32.8 Å². The lowest BCUT2D eigenvalue weighted by atomic mass is 9.86. The van der Waals surface area contributed by atoms with Gasteiger partial charge in [0.15, 0.2) is 0 Å². The average Bonchev–Trinajstić information content (AvgIpc) is 3.10. The van der Waals surface area contributed by atoms with Crippen molar-refractivity contribution in [1.82, 2.24) is 25.3 Å². The van der Waals surface area contributed by atoms with Gasteiger partial charge in [-0.2, -0.15) is 0 Å². The fourth-order valence-corrected chi connectivity index (χ4v) is 6.76. The third-order valence-electron chi connectivity index (χ3n) is 10.0. The summed E-state index contributed by atoms with van der Waals surface area (Å²) >= 11 is 0. The number of benzene rings is 1. The Morgan fingerprint density at radius 1 is 0.597 bits per heavy atom. The van der Waals surface area contributed by atoms with Gasteiger partial charge in [-0.25, -0.2) is 24.0 Å². The van der Waals surface area contributed by atoms with Crippen LogP contribution in [0, 0.1) is 0 Å². The van der Waals surface area contributed by atoms with Crippen molar-refractivity contribution in [3.8, 4) is 0 Å². The molecule has 19 nitrogen and oxygen atoms in total. The smallest absolute Gasteiger partial charge is 0.410 e. The molecule has 0 saturated carbocycles. The monoisotopic (exact) mass is 877 g/mol. The summed E-state index contributed by atoms with van der Waals surface area (Å²) in [5.41, 5.74) is 2.81. The number of ether oxygens (including phenoxy) is 4. The van der Waals surface area contributed by atoms with E-state index >= 15 is 0 Å². The first-order chi connectivity index (χ1) is 28.3. The van der Waals surface area contributed by atoms with Crippen LogP contribution in [0.2, 0.25) is 0 Å². The molecule has 3 fully saturated rings. The van der Waals surface area contributed by atoms with Crippen LogP contribution in [0.4, 0.5) is 36.2 Å². The fourth-order valence-electron chi connectivity index (χ4n) is 6.76. The summed E-state index contributed by atoms with van der Waals surface area (Å²) in [6.07, 6.45) is -1.87. The average molecular weight is 877 g/mol. The van der Waals surface area contributed by atoms with Crippen LogP contribution >= 0.6 is 0 Å². The number of nitrogens with one attached hydrogen (secondary N) is 3. The van der Waals surface area contributed by atoms with Gasteiger partial charge in [-0.05, 0) is 134 Å². The van der Waals surface area contributed by atoms with Gasteiger partial charge >= 0.3 is 30.3 Å². The lowest BCUT2D eigenvalue weighted by Gasteiger charge is -2.41. The molecule has 62 heavy (non-hydrogen) atoms. The largest absolute Gasteiger partial charge is 0.480 e. The molecular formula is C43H72N8O11. The number of hydrogen-bond acceptors (Lipinski definition) is 13. The molecule has 3 aliphatic heterocycles. The highest BCUT2D eigenvalue weighted by molar-refractivity contribution is 6.02. The maximum Gasteiger partial charge on any atom is 0.410 e. The van der Waals surface area contributed by atoms with Crippen molar-refractivity contribution in [2.45, 2.75) is 142 Å². The predicted molar refractivity (Wildman–Crippen MR) is 235 cm³/mol. The van der Waals surface area contributed by atoms with Gasteiger partial charge in [0, 0.05) is 58.0 Å². The standard InChI is InChI=1S/C27H44N6O5.C16H28N2O6/c1-25(2,3)37-23(35)30-27(10-12-33(13-11-27)24(36)38-26(4,5)6)22(34)29-21-9-8-19(18-20(21)28)32-16-14-31(7)15-17-32;1-14(2,3)23-12(21)17-16(11(19)20)7-9-18(10-8-16)13(22)24-15(4,5)6/h8-9,18H,10-17,28H2,1-7H3,(H,29,34)(H,30,35);7-10H2,1-6H3,(H,17,21)(H,19,20). The van der Waals surface area contributed by atoms with Gasteiger partial charge in [0.05, 0.1) is 11.4 Å². The molecular weight excluding hydrogens is 805 g/mol. The van der Waals surface area contributed by atoms with Crippen molar-refractivity contribution in [3.63, 3.8) is 0 Å². The van der Waals surface area contributed by atoms with Crippen LogP contribution in [0.15, 0.2) is 18.2 Å². The molecule has 3 aliphatic rings. The molecule has 4 rings (SSSR count). The third kappa shape index (κ3) is 15.9. The highest BCUT2D eigenvalue weighted by atomic mass is 16.6. The molecule has 0 aromatic heterocycles. The second kappa shape index (κ2) is 19.9. The van der Waals surface area contributed by atoms with E-state index in [9.17, 15) is 33.9 Å². The molecule has 1 aromatic carbocycles. The Bertz CT molecular complexity index is 1750. The molecule has 0 radical (unpaired) electrons. The second-order valence-corrected chi connectivity index (χ2v) is 20.2. The van der Waals surface area contributed by atoms with Crippen molar-refractivity contribution in [1.29, 1.82) is 0 Å². The molecule has 0 bridgehead atoms. The Kier molecular flexibility index (Phi) is 16.4. The van der Waals surface area contributed by atoms with Crippen LogP contribution in [0.25, 0.3) is 0 Å². The number of rotatable bonds is 6. The zero-order valence-electron chi connectivity index (χ0n) is 39.1. The lowest BCUT2D eigenvalue weighted by Crippen LogP contribution is -2.63.